The van der Waals surface area contributed by atoms with E-state index in [1.807, 2.05) is 44.4 Å². The Kier molecular flexibility index (Phi) is 7.41. The highest BCUT2D eigenvalue weighted by Gasteiger charge is 2.14. The van der Waals surface area contributed by atoms with Gasteiger partial charge in [-0.05, 0) is 39.2 Å². The van der Waals surface area contributed by atoms with Gasteiger partial charge in [-0.25, -0.2) is 4.52 Å². The lowest BCUT2D eigenvalue weighted by Gasteiger charge is -2.10. The van der Waals surface area contributed by atoms with Crippen LogP contribution in [0.25, 0.3) is 16.9 Å². The largest absolute Gasteiger partial charge is 0.497 e. The van der Waals surface area contributed by atoms with Crippen molar-refractivity contribution < 1.29 is 14.3 Å². The molecule has 2 aromatic heterocycles. The number of fused-ring (bicyclic) bond motifs is 1. The van der Waals surface area contributed by atoms with Crippen LogP contribution in [-0.2, 0) is 0 Å². The normalized spacial score (nSPS) is 11.0. The van der Waals surface area contributed by atoms with E-state index in [1.54, 1.807) is 43.3 Å². The number of hydrogen-bond acceptors (Lipinski definition) is 8. The molecule has 0 bridgehead atoms. The molecule has 4 rings (SSSR count). The monoisotopic (exact) mass is 475 g/mol. The van der Waals surface area contributed by atoms with Gasteiger partial charge in [0.05, 0.1) is 14.2 Å². The summed E-state index contributed by atoms with van der Waals surface area (Å²) in [5, 5.41) is 10.7. The van der Waals surface area contributed by atoms with Crippen LogP contribution in [0.3, 0.4) is 0 Å². The second kappa shape index (κ2) is 10.8. The van der Waals surface area contributed by atoms with Gasteiger partial charge >= 0.3 is 0 Å². The van der Waals surface area contributed by atoms with E-state index >= 15 is 0 Å². The van der Waals surface area contributed by atoms with E-state index < -0.39 is 0 Å². The molecule has 0 aliphatic rings. The van der Waals surface area contributed by atoms with Crippen molar-refractivity contribution in [3.63, 3.8) is 0 Å². The van der Waals surface area contributed by atoms with E-state index in [9.17, 15) is 4.79 Å². The fourth-order valence-electron chi connectivity index (χ4n) is 3.59. The van der Waals surface area contributed by atoms with Crippen LogP contribution in [-0.4, -0.2) is 71.8 Å². The number of methoxy groups -OCH3 is 2. The quantitative estimate of drug-likeness (QED) is 0.337. The number of nitrogens with one attached hydrogen (secondary N) is 2. The van der Waals surface area contributed by atoms with Crippen LogP contribution in [0.2, 0.25) is 0 Å². The Labute approximate surface area is 203 Å². The van der Waals surface area contributed by atoms with Crippen molar-refractivity contribution in [2.24, 2.45) is 0 Å². The van der Waals surface area contributed by atoms with Crippen molar-refractivity contribution in [2.75, 3.05) is 46.7 Å². The molecule has 182 valence electrons. The molecule has 0 saturated carbocycles. The van der Waals surface area contributed by atoms with Gasteiger partial charge in [0.15, 0.2) is 5.65 Å². The highest BCUT2D eigenvalue weighted by Crippen LogP contribution is 2.28. The maximum absolute atomic E-state index is 12.6. The summed E-state index contributed by atoms with van der Waals surface area (Å²) in [5.74, 6) is 1.57. The molecule has 0 spiro atoms. The van der Waals surface area contributed by atoms with Gasteiger partial charge in [0, 0.05) is 54.0 Å². The van der Waals surface area contributed by atoms with Gasteiger partial charge in [-0.3, -0.25) is 9.78 Å². The number of aromatic nitrogens is 4. The number of rotatable bonds is 10. The van der Waals surface area contributed by atoms with Crippen molar-refractivity contribution in [1.82, 2.24) is 29.8 Å². The number of carbonyl (C=O) groups excluding carboxylic acids is 1. The fourth-order valence-corrected chi connectivity index (χ4v) is 3.59. The zero-order valence-electron chi connectivity index (χ0n) is 20.3. The Morgan fingerprint density at radius 2 is 1.86 bits per heavy atom. The van der Waals surface area contributed by atoms with E-state index in [2.05, 4.69) is 30.6 Å². The second-order valence-corrected chi connectivity index (χ2v) is 8.20. The number of benzene rings is 2. The first-order valence-corrected chi connectivity index (χ1v) is 11.2. The molecule has 35 heavy (non-hydrogen) atoms. The number of amides is 1. The number of ether oxygens (including phenoxy) is 2. The van der Waals surface area contributed by atoms with Gasteiger partial charge in [0.2, 0.25) is 5.95 Å². The Morgan fingerprint density at radius 3 is 2.57 bits per heavy atom. The molecule has 10 heteroatoms. The average Bonchev–Trinajstić information content (AvgIpc) is 3.28. The molecule has 10 nitrogen and oxygen atoms in total. The molecule has 0 saturated heterocycles. The highest BCUT2D eigenvalue weighted by atomic mass is 16.5. The predicted molar refractivity (Wildman–Crippen MR) is 135 cm³/mol. The minimum absolute atomic E-state index is 0.117. The summed E-state index contributed by atoms with van der Waals surface area (Å²) in [5.41, 5.74) is 3.25. The maximum atomic E-state index is 12.6. The lowest BCUT2D eigenvalue weighted by molar-refractivity contribution is 0.0952. The molecule has 2 N–H and O–H groups in total. The third-order valence-electron chi connectivity index (χ3n) is 5.33. The Hall–Kier alpha value is -4.18. The first kappa shape index (κ1) is 24.0. The average molecular weight is 476 g/mol. The van der Waals surface area contributed by atoms with Gasteiger partial charge in [-0.2, -0.15) is 4.98 Å². The van der Waals surface area contributed by atoms with Gasteiger partial charge < -0.3 is 25.0 Å². The van der Waals surface area contributed by atoms with E-state index in [4.69, 9.17) is 9.47 Å². The summed E-state index contributed by atoms with van der Waals surface area (Å²) >= 11 is 0. The molecule has 0 atom stereocenters. The minimum Gasteiger partial charge on any atom is -0.497 e. The number of carbonyl (C=O) groups is 1. The topological polar surface area (TPSA) is 106 Å². The number of hydrogen-bond donors (Lipinski definition) is 2. The molecule has 4 aromatic rings. The van der Waals surface area contributed by atoms with Crippen LogP contribution >= 0.6 is 0 Å². The molecule has 0 aliphatic carbocycles. The van der Waals surface area contributed by atoms with Crippen molar-refractivity contribution in [3.8, 4) is 22.8 Å². The summed E-state index contributed by atoms with van der Waals surface area (Å²) in [7, 11) is 7.21. The van der Waals surface area contributed by atoms with Crippen molar-refractivity contribution >= 4 is 23.2 Å². The zero-order valence-corrected chi connectivity index (χ0v) is 20.3. The van der Waals surface area contributed by atoms with Crippen LogP contribution in [0.1, 0.15) is 16.8 Å². The standard InChI is InChI=1S/C25H29N7O3/c1-31(2)11-6-9-27-24(33)18-8-5-7-17(13-18)22-23-29-25(30-32(23)12-10-26-22)28-19-14-20(34-3)16-21(15-19)35-4/h5,7-8,10,12-16H,6,9,11H2,1-4H3,(H,27,33)(H,28,30). The molecule has 1 amide bonds. The molecular weight excluding hydrogens is 446 g/mol. The van der Waals surface area contributed by atoms with Crippen LogP contribution in [0.4, 0.5) is 11.6 Å². The Morgan fingerprint density at radius 1 is 1.09 bits per heavy atom. The first-order valence-electron chi connectivity index (χ1n) is 11.2. The van der Waals surface area contributed by atoms with Crippen molar-refractivity contribution in [2.45, 2.75) is 6.42 Å². The van der Waals surface area contributed by atoms with Crippen molar-refractivity contribution in [3.05, 3.63) is 60.4 Å². The van der Waals surface area contributed by atoms with E-state index in [0.717, 1.165) is 24.2 Å². The smallest absolute Gasteiger partial charge is 0.251 e. The lowest BCUT2D eigenvalue weighted by Crippen LogP contribution is -2.27. The Bertz CT molecular complexity index is 1300. The third kappa shape index (κ3) is 5.85. The fraction of sp³-hybridized carbons (Fsp3) is 0.280. The lowest BCUT2D eigenvalue weighted by atomic mass is 10.1. The zero-order chi connectivity index (χ0) is 24.8. The number of nitrogens with zero attached hydrogens (tertiary/aromatic N) is 5. The van der Waals surface area contributed by atoms with Crippen LogP contribution < -0.4 is 20.1 Å². The SMILES string of the molecule is COc1cc(Nc2nc3c(-c4cccc(C(=O)NCCCN(C)C)c4)nccn3n2)cc(OC)c1. The summed E-state index contributed by atoms with van der Waals surface area (Å²) in [4.78, 5) is 23.9. The number of anilines is 2. The summed E-state index contributed by atoms with van der Waals surface area (Å²) in [6.45, 7) is 1.53. The van der Waals surface area contributed by atoms with Gasteiger partial charge in [0.1, 0.15) is 17.2 Å². The highest BCUT2D eigenvalue weighted by molar-refractivity contribution is 5.95. The van der Waals surface area contributed by atoms with Crippen molar-refractivity contribution in [1.29, 1.82) is 0 Å². The summed E-state index contributed by atoms with van der Waals surface area (Å²) < 4.78 is 12.3. The molecule has 0 radical (unpaired) electrons. The van der Waals surface area contributed by atoms with Gasteiger partial charge in [-0.1, -0.05) is 12.1 Å². The molecular formula is C25H29N7O3. The second-order valence-electron chi connectivity index (χ2n) is 8.20. The summed E-state index contributed by atoms with van der Waals surface area (Å²) in [6.07, 6.45) is 4.27. The minimum atomic E-state index is -0.117. The molecule has 0 aliphatic heterocycles. The Balaban J connectivity index is 1.57. The van der Waals surface area contributed by atoms with E-state index in [-0.39, 0.29) is 5.91 Å². The molecule has 0 unspecified atom stereocenters. The van der Waals surface area contributed by atoms with Crippen LogP contribution in [0.5, 0.6) is 11.5 Å². The van der Waals surface area contributed by atoms with Crippen LogP contribution in [0.15, 0.2) is 54.9 Å². The predicted octanol–water partition coefficient (Wildman–Crippen LogP) is 3.23. The van der Waals surface area contributed by atoms with Gasteiger partial charge in [0.25, 0.3) is 5.91 Å². The molecule has 2 heterocycles. The first-order chi connectivity index (χ1) is 17.0. The summed E-state index contributed by atoms with van der Waals surface area (Å²) in [6, 6.07) is 12.8. The van der Waals surface area contributed by atoms with Crippen LogP contribution in [0, 0.1) is 0 Å². The van der Waals surface area contributed by atoms with E-state index in [0.29, 0.717) is 40.9 Å². The van der Waals surface area contributed by atoms with E-state index in [1.165, 1.54) is 0 Å². The van der Waals surface area contributed by atoms with Gasteiger partial charge in [-0.15, -0.1) is 5.10 Å². The third-order valence-corrected chi connectivity index (χ3v) is 5.33. The molecule has 0 fully saturated rings. The molecule has 2 aromatic carbocycles. The maximum Gasteiger partial charge on any atom is 0.251 e.